The van der Waals surface area contributed by atoms with E-state index in [-0.39, 0.29) is 5.91 Å². The van der Waals surface area contributed by atoms with Gasteiger partial charge in [0.15, 0.2) is 0 Å². The minimum Gasteiger partial charge on any atom is -0.376 e. The van der Waals surface area contributed by atoms with Crippen LogP contribution in [-0.4, -0.2) is 36.1 Å². The molecule has 1 unspecified atom stereocenters. The molecule has 1 amide bonds. The number of amides is 1. The summed E-state index contributed by atoms with van der Waals surface area (Å²) in [6.45, 7) is 3.39. The van der Waals surface area contributed by atoms with E-state index >= 15 is 0 Å². The monoisotopic (exact) mass is 225 g/mol. The average molecular weight is 225 g/mol. The van der Waals surface area contributed by atoms with Crippen molar-refractivity contribution in [1.29, 1.82) is 0 Å². The molecule has 0 spiro atoms. The van der Waals surface area contributed by atoms with Crippen LogP contribution >= 0.6 is 0 Å². The first-order chi connectivity index (χ1) is 7.77. The average Bonchev–Trinajstić information content (AvgIpc) is 2.79. The van der Waals surface area contributed by atoms with Crippen molar-refractivity contribution in [3.8, 4) is 0 Å². The van der Waals surface area contributed by atoms with Crippen molar-refractivity contribution in [2.45, 2.75) is 64.0 Å². The summed E-state index contributed by atoms with van der Waals surface area (Å²) in [5, 5.41) is 0. The molecule has 92 valence electrons. The minimum absolute atomic E-state index is 0.224. The van der Waals surface area contributed by atoms with Gasteiger partial charge < -0.3 is 9.64 Å². The van der Waals surface area contributed by atoms with E-state index < -0.39 is 0 Å². The molecule has 2 aliphatic rings. The van der Waals surface area contributed by atoms with E-state index in [2.05, 4.69) is 4.90 Å². The molecule has 1 aliphatic carbocycles. The van der Waals surface area contributed by atoms with Gasteiger partial charge in [-0.15, -0.1) is 0 Å². The van der Waals surface area contributed by atoms with E-state index in [9.17, 15) is 4.79 Å². The summed E-state index contributed by atoms with van der Waals surface area (Å²) in [7, 11) is 0. The number of hydrogen-bond acceptors (Lipinski definition) is 2. The third-order valence-electron chi connectivity index (χ3n) is 3.84. The first kappa shape index (κ1) is 11.9. The second-order valence-electron chi connectivity index (χ2n) is 5.10. The molecule has 1 saturated heterocycles. The van der Waals surface area contributed by atoms with Gasteiger partial charge in [-0.3, -0.25) is 4.79 Å². The van der Waals surface area contributed by atoms with Gasteiger partial charge in [0.1, 0.15) is 0 Å². The lowest BCUT2D eigenvalue weighted by atomic mass is 9.94. The van der Waals surface area contributed by atoms with Crippen molar-refractivity contribution >= 4 is 5.91 Å². The van der Waals surface area contributed by atoms with Crippen LogP contribution in [0.2, 0.25) is 0 Å². The SMILES string of the molecule is CC(=O)N(CC1CCCO1)C1CCCCC1. The van der Waals surface area contributed by atoms with Crippen LogP contribution in [0.3, 0.4) is 0 Å². The van der Waals surface area contributed by atoms with Crippen LogP contribution < -0.4 is 0 Å². The Hall–Kier alpha value is -0.570. The smallest absolute Gasteiger partial charge is 0.219 e. The van der Waals surface area contributed by atoms with Crippen molar-refractivity contribution < 1.29 is 9.53 Å². The van der Waals surface area contributed by atoms with Crippen LogP contribution in [0.5, 0.6) is 0 Å². The van der Waals surface area contributed by atoms with Crippen LogP contribution in [0.4, 0.5) is 0 Å². The number of nitrogens with zero attached hydrogens (tertiary/aromatic N) is 1. The highest BCUT2D eigenvalue weighted by atomic mass is 16.5. The molecule has 1 heterocycles. The Bertz CT molecular complexity index is 230. The van der Waals surface area contributed by atoms with Gasteiger partial charge in [0.05, 0.1) is 6.10 Å². The third-order valence-corrected chi connectivity index (χ3v) is 3.84. The molecule has 0 bridgehead atoms. The Morgan fingerprint density at radius 3 is 2.50 bits per heavy atom. The zero-order chi connectivity index (χ0) is 11.4. The Morgan fingerprint density at radius 2 is 1.94 bits per heavy atom. The van der Waals surface area contributed by atoms with Crippen LogP contribution in [0.25, 0.3) is 0 Å². The van der Waals surface area contributed by atoms with E-state index in [1.807, 2.05) is 0 Å². The van der Waals surface area contributed by atoms with Gasteiger partial charge in [0, 0.05) is 26.1 Å². The highest BCUT2D eigenvalue weighted by molar-refractivity contribution is 5.73. The molecule has 1 atom stereocenters. The summed E-state index contributed by atoms with van der Waals surface area (Å²) >= 11 is 0. The summed E-state index contributed by atoms with van der Waals surface area (Å²) in [5.41, 5.74) is 0. The van der Waals surface area contributed by atoms with Gasteiger partial charge in [0.25, 0.3) is 0 Å². The largest absolute Gasteiger partial charge is 0.376 e. The highest BCUT2D eigenvalue weighted by Crippen LogP contribution is 2.24. The lowest BCUT2D eigenvalue weighted by Crippen LogP contribution is -2.44. The normalized spacial score (nSPS) is 26.9. The molecule has 2 rings (SSSR count). The third kappa shape index (κ3) is 2.97. The molecule has 3 nitrogen and oxygen atoms in total. The summed E-state index contributed by atoms with van der Waals surface area (Å²) < 4.78 is 5.63. The summed E-state index contributed by atoms with van der Waals surface area (Å²) in [6, 6.07) is 0.482. The fraction of sp³-hybridized carbons (Fsp3) is 0.923. The van der Waals surface area contributed by atoms with Gasteiger partial charge in [-0.05, 0) is 25.7 Å². The predicted octanol–water partition coefficient (Wildman–Crippen LogP) is 2.35. The summed E-state index contributed by atoms with van der Waals surface area (Å²) in [6.07, 6.45) is 8.84. The van der Waals surface area contributed by atoms with Gasteiger partial charge in [0.2, 0.25) is 5.91 Å². The van der Waals surface area contributed by atoms with Crippen molar-refractivity contribution in [3.63, 3.8) is 0 Å². The Kier molecular flexibility index (Phi) is 4.22. The maximum Gasteiger partial charge on any atom is 0.219 e. The lowest BCUT2D eigenvalue weighted by molar-refractivity contribution is -0.133. The van der Waals surface area contributed by atoms with E-state index in [1.165, 1.54) is 32.1 Å². The zero-order valence-corrected chi connectivity index (χ0v) is 10.3. The predicted molar refractivity (Wildman–Crippen MR) is 63.2 cm³/mol. The summed E-state index contributed by atoms with van der Waals surface area (Å²) in [5.74, 6) is 0.224. The Morgan fingerprint density at radius 1 is 1.19 bits per heavy atom. The van der Waals surface area contributed by atoms with Gasteiger partial charge in [-0.2, -0.15) is 0 Å². The number of carbonyl (C=O) groups excluding carboxylic acids is 1. The molecular formula is C13H23NO2. The molecule has 1 aliphatic heterocycles. The number of rotatable bonds is 3. The van der Waals surface area contributed by atoms with Gasteiger partial charge in [-0.25, -0.2) is 0 Å². The molecule has 16 heavy (non-hydrogen) atoms. The topological polar surface area (TPSA) is 29.5 Å². The number of ether oxygens (including phenoxy) is 1. The number of carbonyl (C=O) groups is 1. The summed E-state index contributed by atoms with van der Waals surface area (Å²) in [4.78, 5) is 13.8. The Balaban J connectivity index is 1.90. The highest BCUT2D eigenvalue weighted by Gasteiger charge is 2.27. The van der Waals surface area contributed by atoms with Crippen molar-refractivity contribution in [2.75, 3.05) is 13.2 Å². The zero-order valence-electron chi connectivity index (χ0n) is 10.3. The van der Waals surface area contributed by atoms with E-state index in [0.29, 0.717) is 12.1 Å². The molecule has 3 heteroatoms. The molecule has 1 saturated carbocycles. The quantitative estimate of drug-likeness (QED) is 0.738. The minimum atomic E-state index is 0.224. The van der Waals surface area contributed by atoms with E-state index in [0.717, 1.165) is 26.0 Å². The maximum atomic E-state index is 11.7. The van der Waals surface area contributed by atoms with Crippen molar-refractivity contribution in [2.24, 2.45) is 0 Å². The number of hydrogen-bond donors (Lipinski definition) is 0. The molecule has 2 fully saturated rings. The van der Waals surface area contributed by atoms with Crippen LogP contribution in [0.15, 0.2) is 0 Å². The second kappa shape index (κ2) is 5.67. The van der Waals surface area contributed by atoms with Crippen LogP contribution in [0.1, 0.15) is 51.9 Å². The molecule has 0 aromatic heterocycles. The fourth-order valence-corrected chi connectivity index (χ4v) is 2.94. The first-order valence-corrected chi connectivity index (χ1v) is 6.66. The second-order valence-corrected chi connectivity index (χ2v) is 5.10. The van der Waals surface area contributed by atoms with Crippen LogP contribution in [0, 0.1) is 0 Å². The maximum absolute atomic E-state index is 11.7. The first-order valence-electron chi connectivity index (χ1n) is 6.66. The molecular weight excluding hydrogens is 202 g/mol. The van der Waals surface area contributed by atoms with Crippen molar-refractivity contribution in [3.05, 3.63) is 0 Å². The van der Waals surface area contributed by atoms with E-state index in [1.54, 1.807) is 6.92 Å². The Labute approximate surface area is 98.1 Å². The van der Waals surface area contributed by atoms with Gasteiger partial charge >= 0.3 is 0 Å². The van der Waals surface area contributed by atoms with Gasteiger partial charge in [-0.1, -0.05) is 19.3 Å². The van der Waals surface area contributed by atoms with E-state index in [4.69, 9.17) is 4.74 Å². The molecule has 0 aromatic carbocycles. The molecule has 0 N–H and O–H groups in total. The molecule has 0 aromatic rings. The molecule has 0 radical (unpaired) electrons. The fourth-order valence-electron chi connectivity index (χ4n) is 2.94. The van der Waals surface area contributed by atoms with Crippen molar-refractivity contribution in [1.82, 2.24) is 4.90 Å². The van der Waals surface area contributed by atoms with Crippen LogP contribution in [-0.2, 0) is 9.53 Å². The lowest BCUT2D eigenvalue weighted by Gasteiger charge is -2.35. The standard InChI is InChI=1S/C13H23NO2/c1-11(15)14(10-13-8-5-9-16-13)12-6-3-2-4-7-12/h12-13H,2-10H2,1H3.